The Morgan fingerprint density at radius 1 is 1.17 bits per heavy atom. The molecule has 0 aliphatic heterocycles. The van der Waals surface area contributed by atoms with E-state index in [1.807, 2.05) is 30.3 Å². The van der Waals surface area contributed by atoms with E-state index in [2.05, 4.69) is 10.4 Å². The van der Waals surface area contributed by atoms with Crippen molar-refractivity contribution in [1.82, 2.24) is 15.1 Å². The van der Waals surface area contributed by atoms with E-state index >= 15 is 0 Å². The molecule has 1 aromatic heterocycles. The van der Waals surface area contributed by atoms with Crippen molar-refractivity contribution in [1.29, 1.82) is 0 Å². The summed E-state index contributed by atoms with van der Waals surface area (Å²) >= 11 is 0. The van der Waals surface area contributed by atoms with Crippen LogP contribution in [-0.2, 0) is 22.4 Å². The number of halogens is 2. The number of carbonyl (C=O) groups is 1. The molecule has 0 unspecified atom stereocenters. The number of aryl methyl sites for hydroxylation is 1. The molecule has 1 amide bonds. The molecule has 3 rings (SSSR count). The topological polar surface area (TPSA) is 56.1 Å². The molecule has 1 N–H and O–H groups in total. The second-order valence-corrected chi connectivity index (χ2v) is 7.24. The molecule has 0 saturated heterocycles. The van der Waals surface area contributed by atoms with Crippen LogP contribution in [0.2, 0.25) is 0 Å². The fourth-order valence-electron chi connectivity index (χ4n) is 3.51. The van der Waals surface area contributed by atoms with Gasteiger partial charge in [-0.3, -0.25) is 4.79 Å². The minimum absolute atomic E-state index is 0.107. The number of amides is 1. The van der Waals surface area contributed by atoms with Gasteiger partial charge >= 0.3 is 0 Å². The normalized spacial score (nSPS) is 12.0. The van der Waals surface area contributed by atoms with E-state index in [4.69, 9.17) is 4.74 Å². The Morgan fingerprint density at radius 2 is 1.90 bits per heavy atom. The summed E-state index contributed by atoms with van der Waals surface area (Å²) in [5, 5.41) is 7.37. The van der Waals surface area contributed by atoms with Crippen LogP contribution in [0.4, 0.5) is 8.78 Å². The highest BCUT2D eigenvalue weighted by molar-refractivity contribution is 5.79. The van der Waals surface area contributed by atoms with Gasteiger partial charge in [-0.1, -0.05) is 30.3 Å². The molecule has 0 fully saturated rings. The number of carbonyl (C=O) groups excluding carboxylic acids is 1. The molecule has 0 spiro atoms. The Bertz CT molecular complexity index is 1020. The van der Waals surface area contributed by atoms with Gasteiger partial charge in [0.15, 0.2) is 5.82 Å². The molecule has 1 heterocycles. The predicted octanol–water partition coefficient (Wildman–Crippen LogP) is 3.68. The van der Waals surface area contributed by atoms with Gasteiger partial charge in [0.05, 0.1) is 24.8 Å². The van der Waals surface area contributed by atoms with Gasteiger partial charge in [0, 0.05) is 24.4 Å². The van der Waals surface area contributed by atoms with Gasteiger partial charge in [-0.15, -0.1) is 0 Å². The number of methoxy groups -OCH3 is 1. The summed E-state index contributed by atoms with van der Waals surface area (Å²) in [4.78, 5) is 12.7. The lowest BCUT2D eigenvalue weighted by atomic mass is 10.1. The van der Waals surface area contributed by atoms with Crippen LogP contribution in [0, 0.1) is 25.5 Å². The monoisotopic (exact) mass is 413 g/mol. The van der Waals surface area contributed by atoms with Crippen molar-refractivity contribution in [3.05, 3.63) is 82.7 Å². The zero-order valence-electron chi connectivity index (χ0n) is 17.3. The highest BCUT2D eigenvalue weighted by Gasteiger charge is 2.20. The molecule has 0 radical (unpaired) electrons. The fourth-order valence-corrected chi connectivity index (χ4v) is 3.51. The van der Waals surface area contributed by atoms with E-state index in [0.29, 0.717) is 30.0 Å². The quantitative estimate of drug-likeness (QED) is 0.613. The Balaban J connectivity index is 1.75. The van der Waals surface area contributed by atoms with Gasteiger partial charge in [-0.25, -0.2) is 13.5 Å². The van der Waals surface area contributed by atoms with E-state index in [-0.39, 0.29) is 24.1 Å². The Hall–Kier alpha value is -3.06. The highest BCUT2D eigenvalue weighted by Crippen LogP contribution is 2.21. The van der Waals surface area contributed by atoms with Crippen molar-refractivity contribution < 1.29 is 18.3 Å². The number of nitrogens with one attached hydrogen (secondary N) is 1. The number of ether oxygens (including phenoxy) is 1. The van der Waals surface area contributed by atoms with Crippen molar-refractivity contribution in [3.8, 4) is 5.69 Å². The first-order chi connectivity index (χ1) is 14.4. The second-order valence-electron chi connectivity index (χ2n) is 7.24. The molecule has 158 valence electrons. The van der Waals surface area contributed by atoms with E-state index in [1.165, 1.54) is 16.8 Å². The van der Waals surface area contributed by atoms with Crippen molar-refractivity contribution in [3.63, 3.8) is 0 Å². The van der Waals surface area contributed by atoms with E-state index in [1.54, 1.807) is 21.0 Å². The molecule has 7 heteroatoms. The van der Waals surface area contributed by atoms with Crippen LogP contribution in [0.3, 0.4) is 0 Å². The summed E-state index contributed by atoms with van der Waals surface area (Å²) in [6, 6.07) is 13.0. The molecular formula is C23H25F2N3O2. The summed E-state index contributed by atoms with van der Waals surface area (Å²) in [5.74, 6) is -1.53. The Labute approximate surface area is 174 Å². The lowest BCUT2D eigenvalue weighted by Crippen LogP contribution is -2.40. The van der Waals surface area contributed by atoms with E-state index in [9.17, 15) is 13.6 Å². The number of nitrogens with zero attached hydrogens (tertiary/aromatic N) is 2. The van der Waals surface area contributed by atoms with Crippen LogP contribution < -0.4 is 5.32 Å². The maximum atomic E-state index is 14.2. The first kappa shape index (κ1) is 21.6. The Kier molecular flexibility index (Phi) is 6.95. The summed E-state index contributed by atoms with van der Waals surface area (Å²) in [6.45, 7) is 3.92. The maximum Gasteiger partial charge on any atom is 0.224 e. The number of benzene rings is 2. The average Bonchev–Trinajstić information content (AvgIpc) is 2.97. The molecule has 5 nitrogen and oxygen atoms in total. The van der Waals surface area contributed by atoms with Gasteiger partial charge in [0.2, 0.25) is 5.91 Å². The first-order valence-electron chi connectivity index (χ1n) is 9.71. The third-order valence-electron chi connectivity index (χ3n) is 4.97. The molecule has 0 aliphatic carbocycles. The third kappa shape index (κ3) is 5.10. The smallest absolute Gasteiger partial charge is 0.224 e. The second kappa shape index (κ2) is 9.63. The van der Waals surface area contributed by atoms with Crippen molar-refractivity contribution in [2.24, 2.45) is 0 Å². The van der Waals surface area contributed by atoms with Crippen LogP contribution in [0.15, 0.2) is 48.5 Å². The Morgan fingerprint density at radius 3 is 2.57 bits per heavy atom. The molecule has 2 aromatic carbocycles. The molecule has 0 bridgehead atoms. The highest BCUT2D eigenvalue weighted by atomic mass is 19.1. The predicted molar refractivity (Wildman–Crippen MR) is 111 cm³/mol. The van der Waals surface area contributed by atoms with Gasteiger partial charge < -0.3 is 10.1 Å². The van der Waals surface area contributed by atoms with Crippen molar-refractivity contribution in [2.45, 2.75) is 32.7 Å². The standard InChI is InChI=1S/C23H25F2N3O2/c1-15-20(16(2)28(27-15)22-10-9-18(24)12-21(22)25)13-23(29)26-19(14-30-3)11-17-7-5-4-6-8-17/h4-10,12,19H,11,13-14H2,1-3H3,(H,26,29)/t19-/m1/s1. The minimum Gasteiger partial charge on any atom is -0.383 e. The van der Waals surface area contributed by atoms with Gasteiger partial charge in [-0.2, -0.15) is 5.10 Å². The average molecular weight is 413 g/mol. The first-order valence-corrected chi connectivity index (χ1v) is 9.71. The number of hydrogen-bond donors (Lipinski definition) is 1. The molecule has 0 aliphatic rings. The number of aromatic nitrogens is 2. The van der Waals surface area contributed by atoms with Crippen molar-refractivity contribution in [2.75, 3.05) is 13.7 Å². The van der Waals surface area contributed by atoms with E-state index in [0.717, 1.165) is 11.6 Å². The van der Waals surface area contributed by atoms with Crippen molar-refractivity contribution >= 4 is 5.91 Å². The fraction of sp³-hybridized carbons (Fsp3) is 0.304. The van der Waals surface area contributed by atoms with Crippen LogP contribution in [0.5, 0.6) is 0 Å². The van der Waals surface area contributed by atoms with Gasteiger partial charge in [0.1, 0.15) is 11.5 Å². The third-order valence-corrected chi connectivity index (χ3v) is 4.97. The molecule has 0 saturated carbocycles. The summed E-state index contributed by atoms with van der Waals surface area (Å²) in [5.41, 5.74) is 3.22. The van der Waals surface area contributed by atoms with Crippen LogP contribution in [-0.4, -0.2) is 35.4 Å². The maximum absolute atomic E-state index is 14.2. The SMILES string of the molecule is COC[C@@H](Cc1ccccc1)NC(=O)Cc1c(C)nn(-c2ccc(F)cc2F)c1C. The summed E-state index contributed by atoms with van der Waals surface area (Å²) in [6.07, 6.45) is 0.758. The molecule has 3 aromatic rings. The molecule has 1 atom stereocenters. The number of rotatable bonds is 8. The van der Waals surface area contributed by atoms with Crippen LogP contribution >= 0.6 is 0 Å². The number of hydrogen-bond acceptors (Lipinski definition) is 3. The van der Waals surface area contributed by atoms with Gasteiger partial charge in [0.25, 0.3) is 0 Å². The lowest BCUT2D eigenvalue weighted by Gasteiger charge is -2.18. The molecule has 30 heavy (non-hydrogen) atoms. The van der Waals surface area contributed by atoms with E-state index < -0.39 is 11.6 Å². The van der Waals surface area contributed by atoms with Crippen LogP contribution in [0.25, 0.3) is 5.69 Å². The zero-order valence-corrected chi connectivity index (χ0v) is 17.3. The summed E-state index contributed by atoms with van der Waals surface area (Å²) in [7, 11) is 1.60. The summed E-state index contributed by atoms with van der Waals surface area (Å²) < 4.78 is 34.1. The lowest BCUT2D eigenvalue weighted by molar-refractivity contribution is -0.121. The largest absolute Gasteiger partial charge is 0.383 e. The zero-order chi connectivity index (χ0) is 21.7. The minimum atomic E-state index is -0.709. The molecular weight excluding hydrogens is 388 g/mol. The van der Waals surface area contributed by atoms with Gasteiger partial charge in [-0.05, 0) is 38.0 Å². The van der Waals surface area contributed by atoms with Crippen LogP contribution in [0.1, 0.15) is 22.5 Å².